The molecule has 0 fully saturated rings. The van der Waals surface area contributed by atoms with Crippen LogP contribution < -0.4 is 4.74 Å². The summed E-state index contributed by atoms with van der Waals surface area (Å²) in [4.78, 5) is 3.19. The number of nitrogens with one attached hydrogen (secondary N) is 1. The van der Waals surface area contributed by atoms with E-state index in [1.807, 2.05) is 6.07 Å². The fourth-order valence-corrected chi connectivity index (χ4v) is 1.51. The van der Waals surface area contributed by atoms with Gasteiger partial charge >= 0.3 is 0 Å². The largest absolute Gasteiger partial charge is 0.474 e. The van der Waals surface area contributed by atoms with Gasteiger partial charge in [-0.15, -0.1) is 0 Å². The van der Waals surface area contributed by atoms with Gasteiger partial charge in [0.1, 0.15) is 6.61 Å². The Morgan fingerprint density at radius 3 is 3.00 bits per heavy atom. The zero-order chi connectivity index (χ0) is 7.26. The molecule has 2 heterocycles. The van der Waals surface area contributed by atoms with E-state index in [-0.39, 0.29) is 0 Å². The van der Waals surface area contributed by atoms with E-state index in [1.165, 1.54) is 16.5 Å². The SMILES string of the molecule is c1ccc2c3c([nH]c2c1)OC3. The molecule has 11 heavy (non-hydrogen) atoms. The van der Waals surface area contributed by atoms with Crippen molar-refractivity contribution in [2.24, 2.45) is 0 Å². The van der Waals surface area contributed by atoms with Crippen molar-refractivity contribution >= 4 is 10.9 Å². The van der Waals surface area contributed by atoms with E-state index in [4.69, 9.17) is 4.74 Å². The average molecular weight is 145 g/mol. The van der Waals surface area contributed by atoms with Gasteiger partial charge in [-0.2, -0.15) is 0 Å². The molecule has 1 aromatic heterocycles. The highest BCUT2D eigenvalue weighted by Crippen LogP contribution is 2.34. The molecule has 0 aliphatic carbocycles. The monoisotopic (exact) mass is 145 g/mol. The van der Waals surface area contributed by atoms with Crippen molar-refractivity contribution in [1.29, 1.82) is 0 Å². The van der Waals surface area contributed by atoms with E-state index in [1.54, 1.807) is 0 Å². The Bertz CT molecular complexity index is 416. The first-order valence-electron chi connectivity index (χ1n) is 3.67. The smallest absolute Gasteiger partial charge is 0.199 e. The molecule has 0 saturated heterocycles. The molecule has 1 N–H and O–H groups in total. The quantitative estimate of drug-likeness (QED) is 0.603. The Morgan fingerprint density at radius 2 is 2.18 bits per heavy atom. The highest BCUT2D eigenvalue weighted by Gasteiger charge is 2.19. The van der Waals surface area contributed by atoms with Gasteiger partial charge in [0.15, 0.2) is 5.88 Å². The van der Waals surface area contributed by atoms with Crippen molar-refractivity contribution in [3.8, 4) is 5.88 Å². The summed E-state index contributed by atoms with van der Waals surface area (Å²) in [7, 11) is 0. The number of aromatic nitrogens is 1. The Hall–Kier alpha value is -1.44. The topological polar surface area (TPSA) is 25.0 Å². The van der Waals surface area contributed by atoms with Gasteiger partial charge < -0.3 is 9.72 Å². The molecule has 2 nitrogen and oxygen atoms in total. The maximum absolute atomic E-state index is 5.21. The Labute approximate surface area is 63.8 Å². The number of benzene rings is 1. The summed E-state index contributed by atoms with van der Waals surface area (Å²) in [6.07, 6.45) is 0. The Balaban J connectivity index is 2.53. The predicted octanol–water partition coefficient (Wildman–Crippen LogP) is 2.06. The van der Waals surface area contributed by atoms with Crippen LogP contribution in [0.3, 0.4) is 0 Å². The average Bonchev–Trinajstić information content (AvgIpc) is 2.23. The van der Waals surface area contributed by atoms with Crippen LogP contribution in [0, 0.1) is 0 Å². The number of hydrogen-bond acceptors (Lipinski definition) is 1. The summed E-state index contributed by atoms with van der Waals surface area (Å²) < 4.78 is 5.21. The van der Waals surface area contributed by atoms with Gasteiger partial charge in [-0.1, -0.05) is 18.2 Å². The van der Waals surface area contributed by atoms with Crippen molar-refractivity contribution in [2.75, 3.05) is 0 Å². The normalized spacial score (nSPS) is 13.8. The van der Waals surface area contributed by atoms with E-state index < -0.39 is 0 Å². The fraction of sp³-hybridized carbons (Fsp3) is 0.111. The van der Waals surface area contributed by atoms with E-state index >= 15 is 0 Å². The van der Waals surface area contributed by atoms with Crippen molar-refractivity contribution < 1.29 is 4.74 Å². The second-order valence-electron chi connectivity index (χ2n) is 2.77. The molecule has 0 atom stereocenters. The van der Waals surface area contributed by atoms with Crippen molar-refractivity contribution in [3.63, 3.8) is 0 Å². The molecule has 1 aliphatic rings. The minimum atomic E-state index is 0.763. The van der Waals surface area contributed by atoms with E-state index in [0.717, 1.165) is 12.5 Å². The number of H-pyrrole nitrogens is 1. The standard InChI is InChI=1S/C9H7NO/c1-2-4-8-6(3-1)7-5-11-9(7)10-8/h1-4,10H,5H2. The molecule has 0 saturated carbocycles. The molecule has 0 radical (unpaired) electrons. The van der Waals surface area contributed by atoms with Crippen LogP contribution in [-0.4, -0.2) is 4.98 Å². The summed E-state index contributed by atoms with van der Waals surface area (Å²) in [6.45, 7) is 0.763. The number of hydrogen-bond donors (Lipinski definition) is 1. The van der Waals surface area contributed by atoms with Crippen molar-refractivity contribution in [1.82, 2.24) is 4.98 Å². The number of para-hydroxylation sites is 1. The minimum absolute atomic E-state index is 0.763. The first-order valence-corrected chi connectivity index (χ1v) is 3.67. The molecule has 1 aliphatic heterocycles. The van der Waals surface area contributed by atoms with Gasteiger partial charge in [0.25, 0.3) is 0 Å². The Morgan fingerprint density at radius 1 is 1.27 bits per heavy atom. The van der Waals surface area contributed by atoms with Gasteiger partial charge in [0, 0.05) is 10.9 Å². The van der Waals surface area contributed by atoms with Crippen LogP contribution in [-0.2, 0) is 6.61 Å². The zero-order valence-electron chi connectivity index (χ0n) is 5.92. The molecule has 2 aromatic rings. The Kier molecular flexibility index (Phi) is 0.756. The third-order valence-corrected chi connectivity index (χ3v) is 2.14. The molecular formula is C9H7NO. The van der Waals surface area contributed by atoms with E-state index in [2.05, 4.69) is 23.2 Å². The molecule has 0 spiro atoms. The van der Waals surface area contributed by atoms with Crippen LogP contribution >= 0.6 is 0 Å². The summed E-state index contributed by atoms with van der Waals surface area (Å²) in [5, 5.41) is 1.30. The predicted molar refractivity (Wildman–Crippen MR) is 42.6 cm³/mol. The van der Waals surface area contributed by atoms with Crippen LogP contribution in [0.15, 0.2) is 24.3 Å². The molecule has 0 amide bonds. The van der Waals surface area contributed by atoms with Crippen LogP contribution in [0.25, 0.3) is 10.9 Å². The van der Waals surface area contributed by atoms with Crippen LogP contribution in [0.4, 0.5) is 0 Å². The second-order valence-corrected chi connectivity index (χ2v) is 2.77. The van der Waals surface area contributed by atoms with E-state index in [9.17, 15) is 0 Å². The van der Waals surface area contributed by atoms with Gasteiger partial charge in [0.05, 0.1) is 5.56 Å². The fourth-order valence-electron chi connectivity index (χ4n) is 1.51. The summed E-state index contributed by atoms with van der Waals surface area (Å²) in [5.41, 5.74) is 2.50. The molecule has 1 aromatic carbocycles. The van der Waals surface area contributed by atoms with Gasteiger partial charge in [-0.05, 0) is 6.07 Å². The maximum Gasteiger partial charge on any atom is 0.199 e. The molecular weight excluding hydrogens is 138 g/mol. The molecule has 0 unspecified atom stereocenters. The van der Waals surface area contributed by atoms with Gasteiger partial charge in [-0.25, -0.2) is 0 Å². The minimum Gasteiger partial charge on any atom is -0.474 e. The zero-order valence-corrected chi connectivity index (χ0v) is 5.92. The number of aromatic amines is 1. The lowest BCUT2D eigenvalue weighted by Crippen LogP contribution is -2.06. The summed E-state index contributed by atoms with van der Waals surface area (Å²) >= 11 is 0. The van der Waals surface area contributed by atoms with Gasteiger partial charge in [-0.3, -0.25) is 0 Å². The van der Waals surface area contributed by atoms with E-state index in [0.29, 0.717) is 0 Å². The highest BCUT2D eigenvalue weighted by atomic mass is 16.5. The summed E-state index contributed by atoms with van der Waals surface area (Å²) in [5.74, 6) is 0.950. The van der Waals surface area contributed by atoms with Crippen LogP contribution in [0.5, 0.6) is 5.88 Å². The van der Waals surface area contributed by atoms with Crippen LogP contribution in [0.2, 0.25) is 0 Å². The number of fused-ring (bicyclic) bond motifs is 3. The second kappa shape index (κ2) is 1.59. The van der Waals surface area contributed by atoms with Crippen molar-refractivity contribution in [2.45, 2.75) is 6.61 Å². The first-order chi connectivity index (χ1) is 5.45. The number of ether oxygens (including phenoxy) is 1. The highest BCUT2D eigenvalue weighted by molar-refractivity contribution is 5.86. The lowest BCUT2D eigenvalue weighted by Gasteiger charge is -2.14. The molecule has 2 heteroatoms. The third kappa shape index (κ3) is 0.522. The lowest BCUT2D eigenvalue weighted by atomic mass is 10.1. The summed E-state index contributed by atoms with van der Waals surface area (Å²) in [6, 6.07) is 8.26. The van der Waals surface area contributed by atoms with Crippen molar-refractivity contribution in [3.05, 3.63) is 29.8 Å². The molecule has 3 rings (SSSR count). The molecule has 0 bridgehead atoms. The lowest BCUT2D eigenvalue weighted by molar-refractivity contribution is 0.236. The first kappa shape index (κ1) is 5.24. The molecule has 54 valence electrons. The van der Waals surface area contributed by atoms with Gasteiger partial charge in [0.2, 0.25) is 0 Å². The van der Waals surface area contributed by atoms with Crippen LogP contribution in [0.1, 0.15) is 5.56 Å². The third-order valence-electron chi connectivity index (χ3n) is 2.14. The maximum atomic E-state index is 5.21. The number of rotatable bonds is 0.